The average molecular weight is 277 g/mol. The van der Waals surface area contributed by atoms with Crippen LogP contribution >= 0.6 is 0 Å². The molecule has 1 aromatic carbocycles. The summed E-state index contributed by atoms with van der Waals surface area (Å²) in [5.74, 6) is 0. The van der Waals surface area contributed by atoms with E-state index in [-0.39, 0.29) is 0 Å². The zero-order chi connectivity index (χ0) is 14.2. The second-order valence-corrected chi connectivity index (χ2v) is 5.62. The van der Waals surface area contributed by atoms with E-state index in [1.165, 1.54) is 5.56 Å². The second-order valence-electron chi connectivity index (χ2n) is 5.62. The molecule has 1 aromatic rings. The van der Waals surface area contributed by atoms with Crippen molar-refractivity contribution in [3.63, 3.8) is 0 Å². The number of likely N-dealkylation sites (N-methyl/N-ethyl adjacent to an activating group) is 1. The van der Waals surface area contributed by atoms with Gasteiger partial charge in [0.15, 0.2) is 0 Å². The molecule has 1 atom stereocenters. The van der Waals surface area contributed by atoms with Gasteiger partial charge >= 0.3 is 0 Å². The maximum atomic E-state index is 5.88. The van der Waals surface area contributed by atoms with Crippen LogP contribution in [0.1, 0.15) is 12.0 Å². The molecule has 1 aliphatic rings. The van der Waals surface area contributed by atoms with Gasteiger partial charge in [-0.1, -0.05) is 30.3 Å². The lowest BCUT2D eigenvalue weighted by Gasteiger charge is -2.34. The first-order valence-corrected chi connectivity index (χ1v) is 7.54. The molecule has 0 spiro atoms. The van der Waals surface area contributed by atoms with Crippen molar-refractivity contribution in [3.8, 4) is 0 Å². The van der Waals surface area contributed by atoms with Gasteiger partial charge in [0.1, 0.15) is 0 Å². The number of hydrogen-bond donors (Lipinski definition) is 1. The fraction of sp³-hybridized carbons (Fsp3) is 0.625. The van der Waals surface area contributed by atoms with Crippen LogP contribution < -0.4 is 5.73 Å². The number of morpholine rings is 1. The highest BCUT2D eigenvalue weighted by molar-refractivity contribution is 5.14. The van der Waals surface area contributed by atoms with Crippen molar-refractivity contribution < 1.29 is 4.74 Å². The van der Waals surface area contributed by atoms with E-state index < -0.39 is 0 Å². The fourth-order valence-corrected chi connectivity index (χ4v) is 2.66. The van der Waals surface area contributed by atoms with E-state index in [0.717, 1.165) is 52.3 Å². The number of hydrogen-bond acceptors (Lipinski definition) is 4. The zero-order valence-electron chi connectivity index (χ0n) is 12.5. The lowest BCUT2D eigenvalue weighted by atomic mass is 10.2. The summed E-state index contributed by atoms with van der Waals surface area (Å²) in [6.07, 6.45) is 1.35. The zero-order valence-corrected chi connectivity index (χ0v) is 12.5. The minimum atomic E-state index is 0.315. The fourth-order valence-electron chi connectivity index (χ4n) is 2.66. The molecule has 1 saturated heterocycles. The van der Waals surface area contributed by atoms with Crippen molar-refractivity contribution in [2.45, 2.75) is 19.1 Å². The predicted molar refractivity (Wildman–Crippen MR) is 82.6 cm³/mol. The third-order valence-electron chi connectivity index (χ3n) is 3.73. The summed E-state index contributed by atoms with van der Waals surface area (Å²) in [6, 6.07) is 10.6. The minimum absolute atomic E-state index is 0.315. The molecule has 0 aromatic heterocycles. The molecular weight excluding hydrogens is 250 g/mol. The standard InChI is InChI=1S/C16H27N3O/c1-18-10-11-20-16(13-18)14-19(9-5-8-17)12-15-6-3-2-4-7-15/h2-4,6-7,16H,5,8-14,17H2,1H3. The van der Waals surface area contributed by atoms with Crippen molar-refractivity contribution >= 4 is 0 Å². The smallest absolute Gasteiger partial charge is 0.0829 e. The van der Waals surface area contributed by atoms with E-state index in [0.29, 0.717) is 6.10 Å². The Balaban J connectivity index is 1.89. The molecule has 1 heterocycles. The Kier molecular flexibility index (Phi) is 6.47. The largest absolute Gasteiger partial charge is 0.374 e. The van der Waals surface area contributed by atoms with E-state index in [4.69, 9.17) is 10.5 Å². The Morgan fingerprint density at radius 1 is 1.35 bits per heavy atom. The number of benzene rings is 1. The number of ether oxygens (including phenoxy) is 1. The SMILES string of the molecule is CN1CCOC(CN(CCCN)Cc2ccccc2)C1. The first kappa shape index (κ1) is 15.4. The molecule has 1 aliphatic heterocycles. The van der Waals surface area contributed by atoms with E-state index in [9.17, 15) is 0 Å². The molecule has 1 fully saturated rings. The molecule has 2 rings (SSSR count). The lowest BCUT2D eigenvalue weighted by Crippen LogP contribution is -2.46. The molecule has 0 amide bonds. The van der Waals surface area contributed by atoms with Gasteiger partial charge < -0.3 is 15.4 Å². The molecular formula is C16H27N3O. The predicted octanol–water partition coefficient (Wildman–Crippen LogP) is 1.17. The molecule has 0 aliphatic carbocycles. The second kappa shape index (κ2) is 8.37. The van der Waals surface area contributed by atoms with E-state index in [1.54, 1.807) is 0 Å². The highest BCUT2D eigenvalue weighted by Gasteiger charge is 2.20. The van der Waals surface area contributed by atoms with E-state index in [1.807, 2.05) is 0 Å². The number of nitrogens with two attached hydrogens (primary N) is 1. The Morgan fingerprint density at radius 2 is 2.15 bits per heavy atom. The topological polar surface area (TPSA) is 41.7 Å². The van der Waals surface area contributed by atoms with Crippen LogP contribution in [-0.2, 0) is 11.3 Å². The number of rotatable bonds is 7. The number of nitrogens with zero attached hydrogens (tertiary/aromatic N) is 2. The molecule has 0 saturated carbocycles. The summed E-state index contributed by atoms with van der Waals surface area (Å²) in [5.41, 5.74) is 7.01. The third kappa shape index (κ3) is 5.21. The van der Waals surface area contributed by atoms with Gasteiger partial charge in [-0.25, -0.2) is 0 Å². The molecule has 112 valence electrons. The van der Waals surface area contributed by atoms with Crippen LogP contribution in [-0.4, -0.2) is 62.3 Å². The van der Waals surface area contributed by atoms with Gasteiger partial charge in [0, 0.05) is 26.2 Å². The van der Waals surface area contributed by atoms with Crippen LogP contribution in [0.4, 0.5) is 0 Å². The van der Waals surface area contributed by atoms with Gasteiger partial charge in [-0.3, -0.25) is 4.90 Å². The summed E-state index contributed by atoms with van der Waals surface area (Å²) in [7, 11) is 2.16. The maximum Gasteiger partial charge on any atom is 0.0829 e. The Morgan fingerprint density at radius 3 is 2.85 bits per heavy atom. The van der Waals surface area contributed by atoms with Gasteiger partial charge in [0.05, 0.1) is 12.7 Å². The first-order chi connectivity index (χ1) is 9.78. The molecule has 2 N–H and O–H groups in total. The molecule has 20 heavy (non-hydrogen) atoms. The Hall–Kier alpha value is -0.940. The monoisotopic (exact) mass is 277 g/mol. The maximum absolute atomic E-state index is 5.88. The Bertz CT molecular complexity index is 371. The summed E-state index contributed by atoms with van der Waals surface area (Å²) < 4.78 is 5.88. The van der Waals surface area contributed by atoms with Crippen LogP contribution in [0.5, 0.6) is 0 Å². The normalized spacial score (nSPS) is 20.4. The summed E-state index contributed by atoms with van der Waals surface area (Å²) in [4.78, 5) is 4.81. The molecule has 1 unspecified atom stereocenters. The highest BCUT2D eigenvalue weighted by Crippen LogP contribution is 2.10. The van der Waals surface area contributed by atoms with Crippen LogP contribution in [0.3, 0.4) is 0 Å². The van der Waals surface area contributed by atoms with Gasteiger partial charge in [-0.05, 0) is 32.1 Å². The van der Waals surface area contributed by atoms with Crippen molar-refractivity contribution in [1.29, 1.82) is 0 Å². The van der Waals surface area contributed by atoms with Crippen molar-refractivity contribution in [2.24, 2.45) is 5.73 Å². The summed E-state index contributed by atoms with van der Waals surface area (Å²) in [5, 5.41) is 0. The minimum Gasteiger partial charge on any atom is -0.374 e. The quantitative estimate of drug-likeness (QED) is 0.812. The molecule has 4 nitrogen and oxygen atoms in total. The lowest BCUT2D eigenvalue weighted by molar-refractivity contribution is -0.0367. The van der Waals surface area contributed by atoms with Crippen LogP contribution in [0.15, 0.2) is 30.3 Å². The van der Waals surface area contributed by atoms with Gasteiger partial charge in [0.25, 0.3) is 0 Å². The average Bonchev–Trinajstić information content (AvgIpc) is 2.46. The van der Waals surface area contributed by atoms with Crippen molar-refractivity contribution in [2.75, 3.05) is 46.4 Å². The molecule has 0 radical (unpaired) electrons. The Labute approximate surface area is 122 Å². The van der Waals surface area contributed by atoms with E-state index >= 15 is 0 Å². The van der Waals surface area contributed by atoms with Gasteiger partial charge in [-0.2, -0.15) is 0 Å². The van der Waals surface area contributed by atoms with Crippen molar-refractivity contribution in [3.05, 3.63) is 35.9 Å². The van der Waals surface area contributed by atoms with Crippen molar-refractivity contribution in [1.82, 2.24) is 9.80 Å². The first-order valence-electron chi connectivity index (χ1n) is 7.54. The summed E-state index contributed by atoms with van der Waals surface area (Å²) in [6.45, 7) is 6.65. The highest BCUT2D eigenvalue weighted by atomic mass is 16.5. The molecule has 4 heteroatoms. The van der Waals surface area contributed by atoms with Crippen LogP contribution in [0, 0.1) is 0 Å². The van der Waals surface area contributed by atoms with Crippen LogP contribution in [0.2, 0.25) is 0 Å². The third-order valence-corrected chi connectivity index (χ3v) is 3.73. The molecule has 0 bridgehead atoms. The van der Waals surface area contributed by atoms with Gasteiger partial charge in [-0.15, -0.1) is 0 Å². The van der Waals surface area contributed by atoms with E-state index in [2.05, 4.69) is 47.2 Å². The van der Waals surface area contributed by atoms with Crippen LogP contribution in [0.25, 0.3) is 0 Å². The van der Waals surface area contributed by atoms with Gasteiger partial charge in [0.2, 0.25) is 0 Å². The summed E-state index contributed by atoms with van der Waals surface area (Å²) >= 11 is 0.